The number of hydroxylamine groups is 1. The molecule has 50 heavy (non-hydrogen) atoms. The third kappa shape index (κ3) is 4.18. The van der Waals surface area contributed by atoms with Crippen molar-refractivity contribution < 1.29 is 14.2 Å². The Morgan fingerprint density at radius 2 is 0.940 bits per heavy atom. The third-order valence-corrected chi connectivity index (χ3v) is 15.8. The summed E-state index contributed by atoms with van der Waals surface area (Å²) in [5, 5.41) is 4.07. The molecule has 0 bridgehead atoms. The zero-order valence-corrected chi connectivity index (χ0v) is 28.9. The molecule has 0 saturated carbocycles. The van der Waals surface area contributed by atoms with E-state index in [1.807, 2.05) is 126 Å². The van der Waals surface area contributed by atoms with Crippen LogP contribution in [0.15, 0.2) is 193 Å². The number of hydrogen-bond acceptors (Lipinski definition) is 5. The molecule has 0 radical (unpaired) electrons. The number of carbonyl (C=O) groups excluding carboxylic acids is 2. The summed E-state index contributed by atoms with van der Waals surface area (Å²) in [6, 6.07) is 60.9. The second-order valence-electron chi connectivity index (χ2n) is 12.8. The molecule has 0 amide bonds. The van der Waals surface area contributed by atoms with Crippen LogP contribution in [0.2, 0.25) is 0 Å². The van der Waals surface area contributed by atoms with Crippen LogP contribution in [0.4, 0.5) is 5.69 Å². The fraction of sp³-hybridized carbons (Fsp3) is 0.0909. The molecule has 246 valence electrons. The molecular formula is C44H37N2O3P. The first-order valence-electron chi connectivity index (χ1n) is 16.9. The summed E-state index contributed by atoms with van der Waals surface area (Å²) in [6.07, 6.45) is -0.608. The first-order chi connectivity index (χ1) is 24.5. The SMILES string of the molecule is CC(=O)C1=C(C(C)=O)P2(c3ccccc3)(c3ccccc3)ON(c3ccccc3)C(c3ccccc3)N2C1(c1ccccc1)c1ccccc1. The van der Waals surface area contributed by atoms with Gasteiger partial charge in [0, 0.05) is 0 Å². The molecule has 1 fully saturated rings. The van der Waals surface area contributed by atoms with E-state index >= 15 is 0 Å². The second-order valence-corrected chi connectivity index (χ2v) is 16.9. The Kier molecular flexibility index (Phi) is 7.73. The molecule has 2 aliphatic heterocycles. The van der Waals surface area contributed by atoms with Crippen LogP contribution in [0.1, 0.15) is 36.7 Å². The van der Waals surface area contributed by atoms with E-state index < -0.39 is 18.7 Å². The van der Waals surface area contributed by atoms with Crippen LogP contribution in [0.25, 0.3) is 0 Å². The number of Topliss-reactive ketones (excluding diaryl/α,β-unsaturated/α-hetero) is 2. The van der Waals surface area contributed by atoms with Crippen molar-refractivity contribution in [3.8, 4) is 0 Å². The van der Waals surface area contributed by atoms with Gasteiger partial charge in [-0.3, -0.25) is 0 Å². The summed E-state index contributed by atoms with van der Waals surface area (Å²) < 4.78 is 10.4. The Labute approximate surface area is 293 Å². The third-order valence-electron chi connectivity index (χ3n) is 10.1. The second kappa shape index (κ2) is 12.2. The van der Waals surface area contributed by atoms with Gasteiger partial charge in [0.15, 0.2) is 0 Å². The number of hydrogen-bond donors (Lipinski definition) is 0. The Bertz CT molecular complexity index is 2130. The van der Waals surface area contributed by atoms with Crippen molar-refractivity contribution in [1.82, 2.24) is 4.67 Å². The van der Waals surface area contributed by atoms with Gasteiger partial charge in [-0.1, -0.05) is 0 Å². The number of anilines is 1. The summed E-state index contributed by atoms with van der Waals surface area (Å²) >= 11 is 0. The predicted molar refractivity (Wildman–Crippen MR) is 202 cm³/mol. The number of fused-ring (bicyclic) bond motifs is 1. The van der Waals surface area contributed by atoms with Gasteiger partial charge in [0.1, 0.15) is 0 Å². The van der Waals surface area contributed by atoms with Gasteiger partial charge in [0.2, 0.25) is 0 Å². The molecule has 2 heterocycles. The minimum absolute atomic E-state index is 0.185. The van der Waals surface area contributed by atoms with Crippen molar-refractivity contribution in [2.24, 2.45) is 0 Å². The number of allylic oxidation sites excluding steroid dienone is 1. The average Bonchev–Trinajstić information content (AvgIpc) is 3.64. The molecule has 6 heteroatoms. The van der Waals surface area contributed by atoms with Crippen LogP contribution >= 0.6 is 6.98 Å². The van der Waals surface area contributed by atoms with Gasteiger partial charge >= 0.3 is 294 Å². The summed E-state index contributed by atoms with van der Waals surface area (Å²) in [7, 11) is 0. The monoisotopic (exact) mass is 672 g/mol. The molecule has 1 unspecified atom stereocenters. The Morgan fingerprint density at radius 3 is 1.36 bits per heavy atom. The number of nitrogens with zero attached hydrogens (tertiary/aromatic N) is 2. The molecule has 0 spiro atoms. The van der Waals surface area contributed by atoms with Crippen molar-refractivity contribution >= 4 is 34.8 Å². The van der Waals surface area contributed by atoms with Gasteiger partial charge in [0.25, 0.3) is 0 Å². The van der Waals surface area contributed by atoms with Gasteiger partial charge in [0.05, 0.1) is 0 Å². The van der Waals surface area contributed by atoms with Gasteiger partial charge < -0.3 is 0 Å². The van der Waals surface area contributed by atoms with E-state index in [0.717, 1.165) is 33.0 Å². The fourth-order valence-electron chi connectivity index (χ4n) is 8.47. The van der Waals surface area contributed by atoms with Gasteiger partial charge in [-0.25, -0.2) is 0 Å². The first-order valence-corrected chi connectivity index (χ1v) is 19.0. The molecular weight excluding hydrogens is 635 g/mol. The van der Waals surface area contributed by atoms with Crippen LogP contribution < -0.4 is 15.7 Å². The molecule has 6 aromatic rings. The summed E-state index contributed by atoms with van der Waals surface area (Å²) in [4.78, 5) is 29.8. The van der Waals surface area contributed by atoms with E-state index in [0.29, 0.717) is 10.9 Å². The maximum absolute atomic E-state index is 15.0. The number of carbonyl (C=O) groups is 2. The molecule has 0 aliphatic carbocycles. The zero-order chi connectivity index (χ0) is 34.4. The fourth-order valence-corrected chi connectivity index (χ4v) is 15.2. The van der Waals surface area contributed by atoms with Crippen LogP contribution in [-0.2, 0) is 19.8 Å². The van der Waals surface area contributed by atoms with Crippen molar-refractivity contribution in [2.75, 3.05) is 5.06 Å². The van der Waals surface area contributed by atoms with E-state index in [1.165, 1.54) is 0 Å². The number of para-hydroxylation sites is 1. The quantitative estimate of drug-likeness (QED) is 0.151. The molecule has 0 aromatic heterocycles. The molecule has 5 nitrogen and oxygen atoms in total. The normalized spacial score (nSPS) is 19.7. The Balaban J connectivity index is 1.71. The predicted octanol–water partition coefficient (Wildman–Crippen LogP) is 8.86. The van der Waals surface area contributed by atoms with Crippen LogP contribution in [0.5, 0.6) is 0 Å². The minimum atomic E-state index is -4.70. The molecule has 8 rings (SSSR count). The van der Waals surface area contributed by atoms with Crippen molar-refractivity contribution in [1.29, 1.82) is 0 Å². The number of ketones is 2. The van der Waals surface area contributed by atoms with Crippen molar-refractivity contribution in [3.63, 3.8) is 0 Å². The average molecular weight is 673 g/mol. The van der Waals surface area contributed by atoms with Crippen molar-refractivity contribution in [2.45, 2.75) is 25.6 Å². The topological polar surface area (TPSA) is 49.9 Å². The van der Waals surface area contributed by atoms with Gasteiger partial charge in [-0.2, -0.15) is 0 Å². The van der Waals surface area contributed by atoms with Crippen LogP contribution in [0, 0.1) is 0 Å². The number of benzene rings is 6. The van der Waals surface area contributed by atoms with E-state index in [4.69, 9.17) is 4.62 Å². The van der Waals surface area contributed by atoms with E-state index in [-0.39, 0.29) is 11.6 Å². The van der Waals surface area contributed by atoms with E-state index in [1.54, 1.807) is 13.8 Å². The van der Waals surface area contributed by atoms with Crippen LogP contribution in [0.3, 0.4) is 0 Å². The van der Waals surface area contributed by atoms with Crippen LogP contribution in [-0.4, -0.2) is 16.2 Å². The molecule has 0 N–H and O–H groups in total. The first kappa shape index (κ1) is 31.8. The Hall–Kier alpha value is -5.45. The molecule has 2 aliphatic rings. The molecule has 6 aromatic carbocycles. The standard InChI is InChI=1S/C44H37N2O3P/c1-33(47)41-42(34(2)48)50(39-29-17-7-18-30-39,40-31-19-8-20-32-40)46(44(41,36-23-11-4-12-24-36)37-25-13-5-14-26-37)43(35-21-9-3-10-22-35)45(49-50)38-27-15-6-16-28-38/h3-32,43H,1-2H3. The molecule has 1 saturated heterocycles. The summed E-state index contributed by atoms with van der Waals surface area (Å²) in [5.41, 5.74) is 2.68. The Morgan fingerprint density at radius 1 is 0.540 bits per heavy atom. The van der Waals surface area contributed by atoms with Gasteiger partial charge in [-0.15, -0.1) is 0 Å². The van der Waals surface area contributed by atoms with Gasteiger partial charge in [-0.05, 0) is 0 Å². The number of rotatable bonds is 8. The van der Waals surface area contributed by atoms with Crippen molar-refractivity contribution in [3.05, 3.63) is 210 Å². The maximum atomic E-state index is 15.0. The molecule has 1 atom stereocenters. The summed E-state index contributed by atoms with van der Waals surface area (Å²) in [6.45, 7) is -1.51. The van der Waals surface area contributed by atoms with E-state index in [2.05, 4.69) is 65.3 Å². The van der Waals surface area contributed by atoms with E-state index in [9.17, 15) is 9.59 Å². The summed E-state index contributed by atoms with van der Waals surface area (Å²) in [5.74, 6) is -0.393. The zero-order valence-electron chi connectivity index (χ0n) is 28.0.